The molecule has 0 bridgehead atoms. The van der Waals surface area contributed by atoms with Gasteiger partial charge in [0.05, 0.1) is 5.69 Å². The van der Waals surface area contributed by atoms with Crippen molar-refractivity contribution in [1.29, 1.82) is 0 Å². The first kappa shape index (κ1) is 14.9. The lowest BCUT2D eigenvalue weighted by molar-refractivity contribution is 0.485. The van der Waals surface area contributed by atoms with Crippen LogP contribution >= 0.6 is 0 Å². The molecule has 1 aromatic rings. The van der Waals surface area contributed by atoms with Crippen LogP contribution in [0.3, 0.4) is 0 Å². The van der Waals surface area contributed by atoms with Gasteiger partial charge in [0.2, 0.25) is 10.0 Å². The summed E-state index contributed by atoms with van der Waals surface area (Å²) in [5, 5.41) is 0. The molecular formula is C12H21N3O2S. The van der Waals surface area contributed by atoms with E-state index in [2.05, 4.69) is 23.6 Å². The highest BCUT2D eigenvalue weighted by Crippen LogP contribution is 2.17. The van der Waals surface area contributed by atoms with Crippen LogP contribution in [0.1, 0.15) is 33.6 Å². The van der Waals surface area contributed by atoms with Crippen LogP contribution in [-0.2, 0) is 10.0 Å². The van der Waals surface area contributed by atoms with Gasteiger partial charge in [0, 0.05) is 18.4 Å². The predicted molar refractivity (Wildman–Crippen MR) is 72.5 cm³/mol. The van der Waals surface area contributed by atoms with Crippen LogP contribution < -0.4 is 10.5 Å². The second kappa shape index (κ2) is 6.15. The Labute approximate surface area is 109 Å². The van der Waals surface area contributed by atoms with Crippen LogP contribution in [0.4, 0.5) is 5.69 Å². The van der Waals surface area contributed by atoms with Crippen molar-refractivity contribution in [2.75, 3.05) is 5.73 Å². The molecule has 0 aliphatic heterocycles. The highest BCUT2D eigenvalue weighted by Gasteiger charge is 2.20. The smallest absolute Gasteiger partial charge is 0.244 e. The topological polar surface area (TPSA) is 85.1 Å². The van der Waals surface area contributed by atoms with Crippen LogP contribution in [0.5, 0.6) is 0 Å². The minimum Gasteiger partial charge on any atom is -0.398 e. The Hall–Kier alpha value is -1.14. The van der Waals surface area contributed by atoms with Gasteiger partial charge in [-0.1, -0.05) is 13.8 Å². The fourth-order valence-electron chi connectivity index (χ4n) is 1.59. The van der Waals surface area contributed by atoms with Gasteiger partial charge in [0.25, 0.3) is 0 Å². The number of anilines is 1. The zero-order chi connectivity index (χ0) is 13.8. The number of rotatable bonds is 6. The van der Waals surface area contributed by atoms with E-state index in [-0.39, 0.29) is 16.6 Å². The Bertz CT molecular complexity index is 486. The summed E-state index contributed by atoms with van der Waals surface area (Å²) in [7, 11) is -3.58. The van der Waals surface area contributed by atoms with Gasteiger partial charge in [0.1, 0.15) is 4.90 Å². The molecule has 0 aliphatic rings. The van der Waals surface area contributed by atoms with Gasteiger partial charge in [0.15, 0.2) is 0 Å². The number of hydrogen-bond donors (Lipinski definition) is 2. The monoisotopic (exact) mass is 271 g/mol. The van der Waals surface area contributed by atoms with Crippen molar-refractivity contribution in [2.24, 2.45) is 5.92 Å². The first-order valence-corrected chi connectivity index (χ1v) is 7.53. The molecule has 0 amide bonds. The minimum absolute atomic E-state index is 0.0430. The predicted octanol–water partition coefficient (Wildman–Crippen LogP) is 1.77. The third-order valence-electron chi connectivity index (χ3n) is 2.64. The maximum atomic E-state index is 12.1. The normalized spacial score (nSPS) is 13.8. The summed E-state index contributed by atoms with van der Waals surface area (Å²) >= 11 is 0. The first-order valence-electron chi connectivity index (χ1n) is 6.04. The summed E-state index contributed by atoms with van der Waals surface area (Å²) in [4.78, 5) is 3.84. The Morgan fingerprint density at radius 3 is 2.56 bits per heavy atom. The molecule has 5 nitrogen and oxygen atoms in total. The fourth-order valence-corrected chi connectivity index (χ4v) is 2.94. The number of hydrogen-bond acceptors (Lipinski definition) is 4. The molecule has 0 aromatic carbocycles. The molecule has 0 spiro atoms. The zero-order valence-corrected chi connectivity index (χ0v) is 11.9. The van der Waals surface area contributed by atoms with Crippen LogP contribution in [0, 0.1) is 5.92 Å². The number of aromatic nitrogens is 1. The average Bonchev–Trinajstić information content (AvgIpc) is 2.26. The van der Waals surface area contributed by atoms with Crippen LogP contribution in [0.15, 0.2) is 23.4 Å². The Morgan fingerprint density at radius 2 is 2.00 bits per heavy atom. The molecule has 0 fully saturated rings. The van der Waals surface area contributed by atoms with E-state index in [0.29, 0.717) is 5.92 Å². The van der Waals surface area contributed by atoms with Crippen LogP contribution in [0.25, 0.3) is 0 Å². The lowest BCUT2D eigenvalue weighted by Crippen LogP contribution is -2.33. The maximum Gasteiger partial charge on any atom is 0.244 e. The van der Waals surface area contributed by atoms with E-state index in [1.54, 1.807) is 0 Å². The van der Waals surface area contributed by atoms with Crippen molar-refractivity contribution in [2.45, 2.75) is 44.6 Å². The Balaban J connectivity index is 2.74. The lowest BCUT2D eigenvalue weighted by atomic mass is 10.1. The first-order chi connectivity index (χ1) is 8.33. The Morgan fingerprint density at radius 1 is 1.33 bits per heavy atom. The number of nitrogens with two attached hydrogens (primary N) is 1. The van der Waals surface area contributed by atoms with Crippen molar-refractivity contribution in [3.63, 3.8) is 0 Å². The van der Waals surface area contributed by atoms with E-state index in [4.69, 9.17) is 5.73 Å². The number of nitrogen functional groups attached to an aromatic ring is 1. The van der Waals surface area contributed by atoms with Gasteiger partial charge in [-0.3, -0.25) is 4.98 Å². The molecule has 3 N–H and O–H groups in total. The molecule has 18 heavy (non-hydrogen) atoms. The van der Waals surface area contributed by atoms with Crippen LogP contribution in [-0.4, -0.2) is 19.4 Å². The largest absolute Gasteiger partial charge is 0.398 e. The van der Waals surface area contributed by atoms with Crippen molar-refractivity contribution in [3.05, 3.63) is 18.5 Å². The average molecular weight is 271 g/mol. The minimum atomic E-state index is -3.58. The van der Waals surface area contributed by atoms with Crippen molar-refractivity contribution in [1.82, 2.24) is 9.71 Å². The fraction of sp³-hybridized carbons (Fsp3) is 0.583. The maximum absolute atomic E-state index is 12.1. The van der Waals surface area contributed by atoms with Gasteiger partial charge in [-0.2, -0.15) is 0 Å². The van der Waals surface area contributed by atoms with E-state index in [1.807, 2.05) is 6.92 Å². The number of nitrogens with one attached hydrogen (secondary N) is 1. The molecule has 6 heteroatoms. The van der Waals surface area contributed by atoms with Gasteiger partial charge in [-0.15, -0.1) is 0 Å². The number of nitrogens with zero attached hydrogens (tertiary/aromatic N) is 1. The van der Waals surface area contributed by atoms with E-state index in [0.717, 1.165) is 12.8 Å². The summed E-state index contributed by atoms with van der Waals surface area (Å²) in [6.45, 7) is 6.08. The Kier molecular flexibility index (Phi) is 5.10. The molecule has 102 valence electrons. The van der Waals surface area contributed by atoms with Gasteiger partial charge in [-0.25, -0.2) is 13.1 Å². The number of pyridine rings is 1. The van der Waals surface area contributed by atoms with Crippen molar-refractivity contribution >= 4 is 15.7 Å². The van der Waals surface area contributed by atoms with E-state index >= 15 is 0 Å². The van der Waals surface area contributed by atoms with Crippen molar-refractivity contribution in [3.8, 4) is 0 Å². The molecular weight excluding hydrogens is 250 g/mol. The highest BCUT2D eigenvalue weighted by atomic mass is 32.2. The second-order valence-electron chi connectivity index (χ2n) is 4.91. The third-order valence-corrected chi connectivity index (χ3v) is 4.27. The highest BCUT2D eigenvalue weighted by molar-refractivity contribution is 7.89. The molecule has 1 rings (SSSR count). The molecule has 0 aliphatic carbocycles. The van der Waals surface area contributed by atoms with Gasteiger partial charge in [-0.05, 0) is 31.7 Å². The van der Waals surface area contributed by atoms with E-state index < -0.39 is 10.0 Å². The summed E-state index contributed by atoms with van der Waals surface area (Å²) in [6, 6.07) is 1.37. The van der Waals surface area contributed by atoms with E-state index in [9.17, 15) is 8.42 Å². The van der Waals surface area contributed by atoms with Crippen LogP contribution in [0.2, 0.25) is 0 Å². The molecule has 0 saturated heterocycles. The quantitative estimate of drug-likeness (QED) is 0.825. The molecule has 0 saturated carbocycles. The SMILES string of the molecule is CC(C)CCC(C)NS(=O)(=O)c1cnccc1N. The standard InChI is InChI=1S/C12H21N3O2S/c1-9(2)4-5-10(3)15-18(16,17)12-8-14-7-6-11(12)13/h6-10,15H,4-5H2,1-3H3,(H2,13,14). The molecule has 0 radical (unpaired) electrons. The second-order valence-corrected chi connectivity index (χ2v) is 6.59. The molecule has 1 unspecified atom stereocenters. The molecule has 1 heterocycles. The summed E-state index contributed by atoms with van der Waals surface area (Å²) in [5.74, 6) is 0.556. The summed E-state index contributed by atoms with van der Waals surface area (Å²) < 4.78 is 26.8. The van der Waals surface area contributed by atoms with Crippen molar-refractivity contribution < 1.29 is 8.42 Å². The summed E-state index contributed by atoms with van der Waals surface area (Å²) in [6.07, 6.45) is 4.52. The molecule has 1 atom stereocenters. The third kappa shape index (κ3) is 4.27. The van der Waals surface area contributed by atoms with Gasteiger partial charge < -0.3 is 5.73 Å². The zero-order valence-electron chi connectivity index (χ0n) is 11.1. The number of sulfonamides is 1. The summed E-state index contributed by atoms with van der Waals surface area (Å²) in [5.41, 5.74) is 5.86. The molecule has 1 aromatic heterocycles. The lowest BCUT2D eigenvalue weighted by Gasteiger charge is -2.15. The van der Waals surface area contributed by atoms with E-state index in [1.165, 1.54) is 18.5 Å². The van der Waals surface area contributed by atoms with Gasteiger partial charge >= 0.3 is 0 Å².